The molecule has 0 spiro atoms. The highest BCUT2D eigenvalue weighted by atomic mass is 14.8. The molecule has 0 saturated heterocycles. The molecule has 0 radical (unpaired) electrons. The maximum absolute atomic E-state index is 5.71. The first kappa shape index (κ1) is 10.5. The molecule has 1 saturated carbocycles. The van der Waals surface area contributed by atoms with Crippen LogP contribution in [-0.2, 0) is 6.54 Å². The molecular weight excluding hydrogens is 184 g/mol. The fraction of sp³-hybridized carbons (Fsp3) is 0.538. The van der Waals surface area contributed by atoms with Crippen LogP contribution >= 0.6 is 0 Å². The first-order chi connectivity index (χ1) is 7.34. The highest BCUT2D eigenvalue weighted by Crippen LogP contribution is 2.33. The van der Waals surface area contributed by atoms with Gasteiger partial charge in [0, 0.05) is 12.2 Å². The Kier molecular flexibility index (Phi) is 3.62. The van der Waals surface area contributed by atoms with Crippen molar-refractivity contribution in [3.8, 4) is 0 Å². The Morgan fingerprint density at radius 1 is 1.33 bits per heavy atom. The zero-order chi connectivity index (χ0) is 10.5. The maximum atomic E-state index is 5.71. The number of nitrogens with two attached hydrogens (primary N) is 1. The van der Waals surface area contributed by atoms with Crippen molar-refractivity contribution in [1.82, 2.24) is 5.32 Å². The summed E-state index contributed by atoms with van der Waals surface area (Å²) in [4.78, 5) is 0. The van der Waals surface area contributed by atoms with Crippen LogP contribution in [0.1, 0.15) is 31.2 Å². The van der Waals surface area contributed by atoms with Gasteiger partial charge in [0.05, 0.1) is 0 Å². The molecule has 0 atom stereocenters. The summed E-state index contributed by atoms with van der Waals surface area (Å²) in [6.07, 6.45) is 5.65. The van der Waals surface area contributed by atoms with Crippen molar-refractivity contribution >= 4 is 5.69 Å². The molecule has 0 aromatic heterocycles. The van der Waals surface area contributed by atoms with Crippen LogP contribution in [0.15, 0.2) is 24.3 Å². The van der Waals surface area contributed by atoms with E-state index in [0.717, 1.165) is 24.7 Å². The van der Waals surface area contributed by atoms with E-state index in [4.69, 9.17) is 5.73 Å². The lowest BCUT2D eigenvalue weighted by atomic mass is 10.2. The SMILES string of the molecule is Nc1cccc(CNCCCC2CC2)c1. The summed E-state index contributed by atoms with van der Waals surface area (Å²) >= 11 is 0. The summed E-state index contributed by atoms with van der Waals surface area (Å²) < 4.78 is 0. The van der Waals surface area contributed by atoms with Gasteiger partial charge in [-0.2, -0.15) is 0 Å². The van der Waals surface area contributed by atoms with E-state index >= 15 is 0 Å². The van der Waals surface area contributed by atoms with Crippen LogP contribution in [0, 0.1) is 5.92 Å². The third kappa shape index (κ3) is 3.92. The standard InChI is InChI=1S/C13H20N2/c14-13-5-1-3-12(9-13)10-15-8-2-4-11-6-7-11/h1,3,5,9,11,15H,2,4,6-8,10,14H2. The molecule has 3 N–H and O–H groups in total. The van der Waals surface area contributed by atoms with Crippen molar-refractivity contribution < 1.29 is 0 Å². The van der Waals surface area contributed by atoms with Gasteiger partial charge in [-0.1, -0.05) is 25.0 Å². The summed E-state index contributed by atoms with van der Waals surface area (Å²) in [6, 6.07) is 8.09. The van der Waals surface area contributed by atoms with Gasteiger partial charge in [0.1, 0.15) is 0 Å². The Bertz CT molecular complexity index is 305. The predicted octanol–water partition coefficient (Wildman–Crippen LogP) is 2.55. The Balaban J connectivity index is 1.60. The summed E-state index contributed by atoms with van der Waals surface area (Å²) in [5.41, 5.74) is 7.84. The summed E-state index contributed by atoms with van der Waals surface area (Å²) in [5, 5.41) is 3.46. The number of nitrogen functional groups attached to an aromatic ring is 1. The van der Waals surface area contributed by atoms with Crippen LogP contribution in [-0.4, -0.2) is 6.54 Å². The molecule has 1 fully saturated rings. The molecule has 2 rings (SSSR count). The normalized spacial score (nSPS) is 15.5. The lowest BCUT2D eigenvalue weighted by Gasteiger charge is -2.05. The smallest absolute Gasteiger partial charge is 0.0317 e. The van der Waals surface area contributed by atoms with Crippen LogP contribution in [0.25, 0.3) is 0 Å². The number of anilines is 1. The summed E-state index contributed by atoms with van der Waals surface area (Å²) in [5.74, 6) is 1.05. The number of nitrogens with one attached hydrogen (secondary N) is 1. The molecule has 2 heteroatoms. The molecular formula is C13H20N2. The topological polar surface area (TPSA) is 38.0 Å². The predicted molar refractivity (Wildman–Crippen MR) is 64.5 cm³/mol. The Morgan fingerprint density at radius 2 is 2.20 bits per heavy atom. The monoisotopic (exact) mass is 204 g/mol. The Morgan fingerprint density at radius 3 is 2.93 bits per heavy atom. The van der Waals surface area contributed by atoms with Gasteiger partial charge in [0.25, 0.3) is 0 Å². The zero-order valence-electron chi connectivity index (χ0n) is 9.21. The number of benzene rings is 1. The van der Waals surface area contributed by atoms with Crippen molar-refractivity contribution in [3.63, 3.8) is 0 Å². The van der Waals surface area contributed by atoms with Crippen LogP contribution in [0.3, 0.4) is 0 Å². The fourth-order valence-electron chi connectivity index (χ4n) is 1.86. The Hall–Kier alpha value is -1.02. The van der Waals surface area contributed by atoms with Crippen molar-refractivity contribution in [2.45, 2.75) is 32.2 Å². The fourth-order valence-corrected chi connectivity index (χ4v) is 1.86. The van der Waals surface area contributed by atoms with E-state index in [1.165, 1.54) is 31.2 Å². The van der Waals surface area contributed by atoms with Crippen LogP contribution in [0.4, 0.5) is 5.69 Å². The minimum absolute atomic E-state index is 0.854. The van der Waals surface area contributed by atoms with E-state index in [-0.39, 0.29) is 0 Å². The van der Waals surface area contributed by atoms with Crippen molar-refractivity contribution in [1.29, 1.82) is 0 Å². The lowest BCUT2D eigenvalue weighted by Crippen LogP contribution is -2.14. The molecule has 15 heavy (non-hydrogen) atoms. The van der Waals surface area contributed by atoms with Gasteiger partial charge in [0.15, 0.2) is 0 Å². The average molecular weight is 204 g/mol. The molecule has 0 heterocycles. The highest BCUT2D eigenvalue weighted by molar-refractivity contribution is 5.40. The average Bonchev–Trinajstić information content (AvgIpc) is 3.01. The third-order valence-electron chi connectivity index (χ3n) is 2.94. The second kappa shape index (κ2) is 5.17. The minimum Gasteiger partial charge on any atom is -0.399 e. The van der Waals surface area contributed by atoms with Gasteiger partial charge in [-0.05, 0) is 43.0 Å². The zero-order valence-corrected chi connectivity index (χ0v) is 9.21. The second-order valence-electron chi connectivity index (χ2n) is 4.51. The van der Waals surface area contributed by atoms with Crippen molar-refractivity contribution in [3.05, 3.63) is 29.8 Å². The second-order valence-corrected chi connectivity index (χ2v) is 4.51. The number of hydrogen-bond acceptors (Lipinski definition) is 2. The van der Waals surface area contributed by atoms with Crippen LogP contribution < -0.4 is 11.1 Å². The van der Waals surface area contributed by atoms with Crippen LogP contribution in [0.2, 0.25) is 0 Å². The van der Waals surface area contributed by atoms with E-state index in [1.807, 2.05) is 18.2 Å². The quantitative estimate of drug-likeness (QED) is 0.552. The van der Waals surface area contributed by atoms with Gasteiger partial charge in [-0.25, -0.2) is 0 Å². The van der Waals surface area contributed by atoms with Gasteiger partial charge in [-0.3, -0.25) is 0 Å². The largest absolute Gasteiger partial charge is 0.399 e. The number of hydrogen-bond donors (Lipinski definition) is 2. The van der Waals surface area contributed by atoms with E-state index in [0.29, 0.717) is 0 Å². The van der Waals surface area contributed by atoms with Crippen LogP contribution in [0.5, 0.6) is 0 Å². The molecule has 1 aromatic carbocycles. The maximum Gasteiger partial charge on any atom is 0.0317 e. The van der Waals surface area contributed by atoms with Gasteiger partial charge < -0.3 is 11.1 Å². The molecule has 2 nitrogen and oxygen atoms in total. The van der Waals surface area contributed by atoms with Gasteiger partial charge in [-0.15, -0.1) is 0 Å². The van der Waals surface area contributed by atoms with E-state index in [1.54, 1.807) is 0 Å². The van der Waals surface area contributed by atoms with Crippen molar-refractivity contribution in [2.24, 2.45) is 5.92 Å². The summed E-state index contributed by atoms with van der Waals surface area (Å²) in [7, 11) is 0. The van der Waals surface area contributed by atoms with Gasteiger partial charge in [0.2, 0.25) is 0 Å². The summed E-state index contributed by atoms with van der Waals surface area (Å²) in [6.45, 7) is 2.07. The lowest BCUT2D eigenvalue weighted by molar-refractivity contribution is 0.594. The molecule has 1 aliphatic rings. The third-order valence-corrected chi connectivity index (χ3v) is 2.94. The molecule has 0 unspecified atom stereocenters. The molecule has 0 aliphatic heterocycles. The van der Waals surface area contributed by atoms with E-state index in [2.05, 4.69) is 11.4 Å². The molecule has 82 valence electrons. The van der Waals surface area contributed by atoms with E-state index in [9.17, 15) is 0 Å². The molecule has 1 aliphatic carbocycles. The Labute approximate surface area is 91.9 Å². The first-order valence-corrected chi connectivity index (χ1v) is 5.90. The molecule has 1 aromatic rings. The first-order valence-electron chi connectivity index (χ1n) is 5.90. The van der Waals surface area contributed by atoms with Gasteiger partial charge >= 0.3 is 0 Å². The highest BCUT2D eigenvalue weighted by Gasteiger charge is 2.19. The van der Waals surface area contributed by atoms with Crippen molar-refractivity contribution in [2.75, 3.05) is 12.3 Å². The van der Waals surface area contributed by atoms with E-state index < -0.39 is 0 Å². The molecule has 0 bridgehead atoms. The molecule has 0 amide bonds. The minimum atomic E-state index is 0.854. The number of rotatable bonds is 6.